The molecule has 1 amide bonds. The highest BCUT2D eigenvalue weighted by molar-refractivity contribution is 9.10. The molecule has 3 heteroatoms. The van der Waals surface area contributed by atoms with Gasteiger partial charge in [0.15, 0.2) is 0 Å². The van der Waals surface area contributed by atoms with Crippen LogP contribution in [0.2, 0.25) is 0 Å². The molecule has 1 aliphatic heterocycles. The minimum Gasteiger partial charge on any atom is -0.329 e. The van der Waals surface area contributed by atoms with E-state index < -0.39 is 0 Å². The first kappa shape index (κ1) is 10.3. The van der Waals surface area contributed by atoms with E-state index in [2.05, 4.69) is 20.8 Å². The largest absolute Gasteiger partial charge is 0.329 e. The van der Waals surface area contributed by atoms with Gasteiger partial charge in [-0.2, -0.15) is 0 Å². The Morgan fingerprint density at radius 2 is 1.69 bits per heavy atom. The first-order chi connectivity index (χ1) is 7.77. The van der Waals surface area contributed by atoms with E-state index in [0.29, 0.717) is 12.1 Å². The van der Waals surface area contributed by atoms with Gasteiger partial charge in [0.05, 0.1) is 12.1 Å². The molecule has 0 radical (unpaired) electrons. The van der Waals surface area contributed by atoms with Crippen LogP contribution in [0.25, 0.3) is 0 Å². The summed E-state index contributed by atoms with van der Waals surface area (Å²) in [6, 6.07) is 8.75. The Morgan fingerprint density at radius 3 is 2.25 bits per heavy atom. The van der Waals surface area contributed by atoms with E-state index in [1.54, 1.807) is 0 Å². The molecule has 1 aromatic carbocycles. The molecule has 84 valence electrons. The maximum Gasteiger partial charge on any atom is 0.254 e. The number of amides is 1. The quantitative estimate of drug-likeness (QED) is 0.723. The lowest BCUT2D eigenvalue weighted by molar-refractivity contribution is 0.0865. The molecular formula is C13H14BrNO. The molecule has 0 aromatic heterocycles. The molecule has 0 spiro atoms. The first-order valence-electron chi connectivity index (χ1n) is 5.85. The van der Waals surface area contributed by atoms with Crippen molar-refractivity contribution in [3.8, 4) is 0 Å². The van der Waals surface area contributed by atoms with Gasteiger partial charge in [0, 0.05) is 10.0 Å². The number of rotatable bonds is 1. The Hall–Kier alpha value is -0.830. The van der Waals surface area contributed by atoms with Gasteiger partial charge >= 0.3 is 0 Å². The molecule has 2 nitrogen and oxygen atoms in total. The number of halogens is 1. The second-order valence-corrected chi connectivity index (χ2v) is 5.55. The lowest BCUT2D eigenvalue weighted by atomic mass is 10.0. The minimum absolute atomic E-state index is 0.212. The average Bonchev–Trinajstić information content (AvgIpc) is 3.03. The fourth-order valence-corrected chi connectivity index (χ4v) is 3.01. The molecule has 2 fully saturated rings. The van der Waals surface area contributed by atoms with E-state index in [9.17, 15) is 4.79 Å². The van der Waals surface area contributed by atoms with Crippen LogP contribution in [0.1, 0.15) is 36.0 Å². The predicted octanol–water partition coefficient (Wildman–Crippen LogP) is 3.22. The monoisotopic (exact) mass is 279 g/mol. The van der Waals surface area contributed by atoms with Crippen LogP contribution in [0.5, 0.6) is 0 Å². The standard InChI is InChI=1S/C13H14BrNO/c14-10-7-5-9(6-8-10)13(16)15-11-3-1-2-4-12(11)15/h5-8,11-12H,1-4H2. The van der Waals surface area contributed by atoms with Crippen LogP contribution in [0.4, 0.5) is 0 Å². The molecule has 0 N–H and O–H groups in total. The van der Waals surface area contributed by atoms with Gasteiger partial charge < -0.3 is 4.90 Å². The number of hydrogen-bond donors (Lipinski definition) is 0. The van der Waals surface area contributed by atoms with E-state index in [4.69, 9.17) is 0 Å². The highest BCUT2D eigenvalue weighted by Crippen LogP contribution is 2.41. The molecule has 2 atom stereocenters. The van der Waals surface area contributed by atoms with Crippen LogP contribution >= 0.6 is 15.9 Å². The van der Waals surface area contributed by atoms with Crippen LogP contribution in [0.3, 0.4) is 0 Å². The number of fused-ring (bicyclic) bond motifs is 1. The number of carbonyl (C=O) groups is 1. The Labute approximate surface area is 104 Å². The van der Waals surface area contributed by atoms with Gasteiger partial charge in [-0.15, -0.1) is 0 Å². The van der Waals surface area contributed by atoms with E-state index in [-0.39, 0.29) is 5.91 Å². The lowest BCUT2D eigenvalue weighted by Gasteiger charge is -2.03. The predicted molar refractivity (Wildman–Crippen MR) is 66.4 cm³/mol. The summed E-state index contributed by atoms with van der Waals surface area (Å²) in [6.45, 7) is 0. The zero-order valence-electron chi connectivity index (χ0n) is 9.03. The van der Waals surface area contributed by atoms with Gasteiger partial charge in [0.25, 0.3) is 5.91 Å². The summed E-state index contributed by atoms with van der Waals surface area (Å²) in [6.07, 6.45) is 4.97. The third-order valence-corrected chi connectivity index (χ3v) is 4.17. The van der Waals surface area contributed by atoms with Gasteiger partial charge in [-0.25, -0.2) is 0 Å². The normalized spacial score (nSPS) is 27.4. The fourth-order valence-electron chi connectivity index (χ4n) is 2.75. The molecule has 1 saturated carbocycles. The van der Waals surface area contributed by atoms with Crippen molar-refractivity contribution in [3.05, 3.63) is 34.3 Å². The molecule has 0 bridgehead atoms. The third kappa shape index (κ3) is 1.67. The van der Waals surface area contributed by atoms with E-state index >= 15 is 0 Å². The number of likely N-dealkylation sites (tertiary alicyclic amines) is 1. The molecule has 16 heavy (non-hydrogen) atoms. The van der Waals surface area contributed by atoms with Gasteiger partial charge in [-0.05, 0) is 37.1 Å². The molecule has 3 rings (SSSR count). The van der Waals surface area contributed by atoms with Crippen molar-refractivity contribution in [3.63, 3.8) is 0 Å². The fraction of sp³-hybridized carbons (Fsp3) is 0.462. The Morgan fingerprint density at radius 1 is 1.12 bits per heavy atom. The van der Waals surface area contributed by atoms with E-state index in [0.717, 1.165) is 10.0 Å². The highest BCUT2D eigenvalue weighted by atomic mass is 79.9. The molecular weight excluding hydrogens is 266 g/mol. The molecule has 1 aliphatic carbocycles. The van der Waals surface area contributed by atoms with Crippen LogP contribution in [0.15, 0.2) is 28.7 Å². The lowest BCUT2D eigenvalue weighted by Crippen LogP contribution is -2.14. The maximum absolute atomic E-state index is 12.2. The van der Waals surface area contributed by atoms with E-state index in [1.807, 2.05) is 24.3 Å². The second-order valence-electron chi connectivity index (χ2n) is 4.64. The molecule has 1 heterocycles. The summed E-state index contributed by atoms with van der Waals surface area (Å²) in [5.41, 5.74) is 0.817. The minimum atomic E-state index is 0.212. The van der Waals surface area contributed by atoms with Gasteiger partial charge in [-0.3, -0.25) is 4.79 Å². The summed E-state index contributed by atoms with van der Waals surface area (Å²) in [7, 11) is 0. The van der Waals surface area contributed by atoms with Crippen molar-refractivity contribution >= 4 is 21.8 Å². The molecule has 2 unspecified atom stereocenters. The van der Waals surface area contributed by atoms with Crippen LogP contribution in [-0.2, 0) is 0 Å². The van der Waals surface area contributed by atoms with Crippen molar-refractivity contribution in [2.45, 2.75) is 37.8 Å². The molecule has 1 aromatic rings. The van der Waals surface area contributed by atoms with Crippen molar-refractivity contribution in [1.29, 1.82) is 0 Å². The number of nitrogens with zero attached hydrogens (tertiary/aromatic N) is 1. The highest BCUT2D eigenvalue weighted by Gasteiger charge is 2.51. The summed E-state index contributed by atoms with van der Waals surface area (Å²) >= 11 is 3.38. The number of hydrogen-bond acceptors (Lipinski definition) is 1. The van der Waals surface area contributed by atoms with Gasteiger partial charge in [0.2, 0.25) is 0 Å². The summed E-state index contributed by atoms with van der Waals surface area (Å²) in [5.74, 6) is 0.212. The second kappa shape index (κ2) is 3.88. The zero-order valence-corrected chi connectivity index (χ0v) is 10.6. The number of carbonyl (C=O) groups excluding carboxylic acids is 1. The van der Waals surface area contributed by atoms with E-state index in [1.165, 1.54) is 25.7 Å². The molecule has 1 saturated heterocycles. The van der Waals surface area contributed by atoms with Crippen LogP contribution in [0, 0.1) is 0 Å². The van der Waals surface area contributed by atoms with Crippen molar-refractivity contribution in [1.82, 2.24) is 4.90 Å². The van der Waals surface area contributed by atoms with Crippen molar-refractivity contribution < 1.29 is 4.79 Å². The maximum atomic E-state index is 12.2. The molecule has 2 aliphatic rings. The van der Waals surface area contributed by atoms with Crippen LogP contribution in [-0.4, -0.2) is 22.9 Å². The summed E-state index contributed by atoms with van der Waals surface area (Å²) in [5, 5.41) is 0. The summed E-state index contributed by atoms with van der Waals surface area (Å²) < 4.78 is 1.02. The average molecular weight is 280 g/mol. The third-order valence-electron chi connectivity index (χ3n) is 3.64. The van der Waals surface area contributed by atoms with Gasteiger partial charge in [-0.1, -0.05) is 28.8 Å². The Balaban J connectivity index is 1.76. The Bertz CT molecular complexity index is 402. The summed E-state index contributed by atoms with van der Waals surface area (Å²) in [4.78, 5) is 14.3. The smallest absolute Gasteiger partial charge is 0.254 e. The van der Waals surface area contributed by atoms with Crippen LogP contribution < -0.4 is 0 Å². The topological polar surface area (TPSA) is 20.1 Å². The first-order valence-corrected chi connectivity index (χ1v) is 6.65. The van der Waals surface area contributed by atoms with Crippen molar-refractivity contribution in [2.24, 2.45) is 0 Å². The zero-order chi connectivity index (χ0) is 11.1. The Kier molecular flexibility index (Phi) is 2.51. The number of benzene rings is 1. The van der Waals surface area contributed by atoms with Crippen molar-refractivity contribution in [2.75, 3.05) is 0 Å². The van der Waals surface area contributed by atoms with Gasteiger partial charge in [0.1, 0.15) is 0 Å². The SMILES string of the molecule is O=C(c1ccc(Br)cc1)N1C2CCCCC21.